The van der Waals surface area contributed by atoms with Crippen molar-refractivity contribution in [3.05, 3.63) is 34.9 Å². The Balaban J connectivity index is 1.25. The summed E-state index contributed by atoms with van der Waals surface area (Å²) < 4.78 is 0. The minimum absolute atomic E-state index is 0.741. The van der Waals surface area contributed by atoms with Crippen molar-refractivity contribution in [3.8, 4) is 0 Å². The third kappa shape index (κ3) is 2.43. The molecule has 1 aromatic carbocycles. The van der Waals surface area contributed by atoms with E-state index in [2.05, 4.69) is 17.4 Å². The summed E-state index contributed by atoms with van der Waals surface area (Å²) >= 11 is 5.94. The van der Waals surface area contributed by atoms with Gasteiger partial charge in [-0.25, -0.2) is 0 Å². The van der Waals surface area contributed by atoms with Gasteiger partial charge in [0.25, 0.3) is 0 Å². The molecule has 3 fully saturated rings. The fourth-order valence-corrected chi connectivity index (χ4v) is 3.85. The molecule has 4 rings (SSSR count). The lowest BCUT2D eigenvalue weighted by molar-refractivity contribution is 0.262. The van der Waals surface area contributed by atoms with Gasteiger partial charge in [-0.3, -0.25) is 0 Å². The van der Waals surface area contributed by atoms with Gasteiger partial charge in [-0.15, -0.1) is 0 Å². The quantitative estimate of drug-likeness (QED) is 0.842. The van der Waals surface area contributed by atoms with Crippen molar-refractivity contribution in [2.24, 2.45) is 11.3 Å². The van der Waals surface area contributed by atoms with Gasteiger partial charge in [0.15, 0.2) is 0 Å². The molecule has 0 heterocycles. The lowest BCUT2D eigenvalue weighted by Crippen LogP contribution is -2.43. The van der Waals surface area contributed by atoms with Crippen LogP contribution in [0.15, 0.2) is 24.3 Å². The van der Waals surface area contributed by atoms with Gasteiger partial charge in [0.1, 0.15) is 0 Å². The first kappa shape index (κ1) is 12.2. The van der Waals surface area contributed by atoms with Crippen LogP contribution in [-0.4, -0.2) is 12.6 Å². The molecule has 102 valence electrons. The van der Waals surface area contributed by atoms with E-state index in [1.807, 2.05) is 12.1 Å². The average Bonchev–Trinajstić information content (AvgIpc) is 3.23. The molecule has 0 atom stereocenters. The third-order valence-electron chi connectivity index (χ3n) is 5.56. The number of benzene rings is 1. The molecule has 0 saturated heterocycles. The third-order valence-corrected chi connectivity index (χ3v) is 5.81. The van der Waals surface area contributed by atoms with Gasteiger partial charge in [-0.05, 0) is 73.5 Å². The molecule has 0 radical (unpaired) electrons. The van der Waals surface area contributed by atoms with Crippen molar-refractivity contribution in [1.82, 2.24) is 5.32 Å². The first-order chi connectivity index (χ1) is 9.25. The van der Waals surface area contributed by atoms with Crippen molar-refractivity contribution < 1.29 is 0 Å². The summed E-state index contributed by atoms with van der Waals surface area (Å²) in [6.07, 6.45) is 8.58. The number of rotatable bonds is 5. The van der Waals surface area contributed by atoms with Crippen LogP contribution in [0.2, 0.25) is 5.02 Å². The minimum Gasteiger partial charge on any atom is -0.313 e. The molecule has 2 heteroatoms. The van der Waals surface area contributed by atoms with E-state index < -0.39 is 0 Å². The van der Waals surface area contributed by atoms with Crippen LogP contribution in [0.25, 0.3) is 0 Å². The predicted octanol–water partition coefficient (Wildman–Crippen LogP) is 4.37. The van der Waals surface area contributed by atoms with Gasteiger partial charge in [0, 0.05) is 17.6 Å². The SMILES string of the molecule is Clc1ccc(C2CC(NCC3(C4CC4)CC3)C2)cc1. The smallest absolute Gasteiger partial charge is 0.0406 e. The van der Waals surface area contributed by atoms with E-state index in [1.165, 1.54) is 50.6 Å². The Bertz CT molecular complexity index is 453. The van der Waals surface area contributed by atoms with E-state index >= 15 is 0 Å². The second-order valence-electron chi connectivity index (χ2n) is 6.93. The molecular formula is C17H22ClN. The molecule has 0 bridgehead atoms. The van der Waals surface area contributed by atoms with E-state index in [-0.39, 0.29) is 0 Å². The molecule has 0 unspecified atom stereocenters. The van der Waals surface area contributed by atoms with Crippen molar-refractivity contribution in [2.45, 2.75) is 50.5 Å². The summed E-state index contributed by atoms with van der Waals surface area (Å²) in [5.41, 5.74) is 2.21. The molecule has 1 N–H and O–H groups in total. The zero-order chi connectivity index (χ0) is 12.9. The van der Waals surface area contributed by atoms with E-state index in [0.29, 0.717) is 0 Å². The maximum atomic E-state index is 5.94. The van der Waals surface area contributed by atoms with Crippen molar-refractivity contribution in [1.29, 1.82) is 0 Å². The Kier molecular flexibility index (Phi) is 2.89. The van der Waals surface area contributed by atoms with Gasteiger partial charge in [0.05, 0.1) is 0 Å². The molecule has 0 aromatic heterocycles. The molecule has 19 heavy (non-hydrogen) atoms. The average molecular weight is 276 g/mol. The van der Waals surface area contributed by atoms with Crippen LogP contribution in [0.5, 0.6) is 0 Å². The summed E-state index contributed by atoms with van der Waals surface area (Å²) in [6, 6.07) is 9.18. The first-order valence-corrected chi connectivity index (χ1v) is 8.12. The van der Waals surface area contributed by atoms with Crippen LogP contribution in [0, 0.1) is 11.3 Å². The highest BCUT2D eigenvalue weighted by atomic mass is 35.5. The van der Waals surface area contributed by atoms with Crippen LogP contribution in [0.1, 0.15) is 50.0 Å². The Labute approximate surface area is 120 Å². The van der Waals surface area contributed by atoms with E-state index in [4.69, 9.17) is 11.6 Å². The maximum Gasteiger partial charge on any atom is 0.0406 e. The predicted molar refractivity (Wildman–Crippen MR) is 79.6 cm³/mol. The molecule has 0 aliphatic heterocycles. The topological polar surface area (TPSA) is 12.0 Å². The standard InChI is InChI=1S/C17H22ClN/c18-15-5-1-12(2-6-15)13-9-16(10-13)19-11-17(7-8-17)14-3-4-14/h1-2,5-6,13-14,16,19H,3-4,7-11H2. The van der Waals surface area contributed by atoms with Gasteiger partial charge >= 0.3 is 0 Å². The fourth-order valence-electron chi connectivity index (χ4n) is 3.72. The number of nitrogens with one attached hydrogen (secondary N) is 1. The lowest BCUT2D eigenvalue weighted by atomic mass is 9.75. The molecule has 3 saturated carbocycles. The van der Waals surface area contributed by atoms with Gasteiger partial charge in [0.2, 0.25) is 0 Å². The van der Waals surface area contributed by atoms with Gasteiger partial charge in [-0.2, -0.15) is 0 Å². The Morgan fingerprint density at radius 3 is 2.37 bits per heavy atom. The zero-order valence-electron chi connectivity index (χ0n) is 11.4. The Morgan fingerprint density at radius 2 is 1.79 bits per heavy atom. The second kappa shape index (κ2) is 4.49. The van der Waals surface area contributed by atoms with Crippen LogP contribution >= 0.6 is 11.6 Å². The van der Waals surface area contributed by atoms with E-state index in [1.54, 1.807) is 0 Å². The molecule has 3 aliphatic carbocycles. The van der Waals surface area contributed by atoms with Crippen LogP contribution < -0.4 is 5.32 Å². The largest absolute Gasteiger partial charge is 0.313 e. The molecule has 1 nitrogen and oxygen atoms in total. The molecule has 0 amide bonds. The van der Waals surface area contributed by atoms with Crippen LogP contribution in [0.4, 0.5) is 0 Å². The molecular weight excluding hydrogens is 254 g/mol. The van der Waals surface area contributed by atoms with Crippen LogP contribution in [0.3, 0.4) is 0 Å². The molecule has 3 aliphatic rings. The zero-order valence-corrected chi connectivity index (χ0v) is 12.1. The summed E-state index contributed by atoms with van der Waals surface area (Å²) in [5, 5.41) is 4.67. The number of hydrogen-bond donors (Lipinski definition) is 1. The van der Waals surface area contributed by atoms with Crippen molar-refractivity contribution in [2.75, 3.05) is 6.54 Å². The normalized spacial score (nSPS) is 31.8. The highest BCUT2D eigenvalue weighted by Gasteiger charge is 2.53. The van der Waals surface area contributed by atoms with Crippen molar-refractivity contribution in [3.63, 3.8) is 0 Å². The second-order valence-corrected chi connectivity index (χ2v) is 7.37. The first-order valence-electron chi connectivity index (χ1n) is 7.74. The fraction of sp³-hybridized carbons (Fsp3) is 0.647. The lowest BCUT2D eigenvalue weighted by Gasteiger charge is -2.37. The summed E-state index contributed by atoms with van der Waals surface area (Å²) in [5.74, 6) is 1.83. The summed E-state index contributed by atoms with van der Waals surface area (Å²) in [6.45, 7) is 1.29. The van der Waals surface area contributed by atoms with Gasteiger partial charge < -0.3 is 5.32 Å². The summed E-state index contributed by atoms with van der Waals surface area (Å²) in [7, 11) is 0. The molecule has 1 aromatic rings. The van der Waals surface area contributed by atoms with Gasteiger partial charge in [-0.1, -0.05) is 23.7 Å². The number of hydrogen-bond acceptors (Lipinski definition) is 1. The minimum atomic E-state index is 0.741. The van der Waals surface area contributed by atoms with Crippen molar-refractivity contribution >= 4 is 11.6 Å². The summed E-state index contributed by atoms with van der Waals surface area (Å²) in [4.78, 5) is 0. The Morgan fingerprint density at radius 1 is 1.11 bits per heavy atom. The van der Waals surface area contributed by atoms with E-state index in [0.717, 1.165) is 28.3 Å². The van der Waals surface area contributed by atoms with E-state index in [9.17, 15) is 0 Å². The molecule has 0 spiro atoms. The monoisotopic (exact) mass is 275 g/mol. The highest BCUT2D eigenvalue weighted by molar-refractivity contribution is 6.30. The maximum absolute atomic E-state index is 5.94. The van der Waals surface area contributed by atoms with Crippen LogP contribution in [-0.2, 0) is 0 Å². The Hall–Kier alpha value is -0.530. The highest BCUT2D eigenvalue weighted by Crippen LogP contribution is 2.61. The number of halogens is 1.